The molecule has 0 aliphatic carbocycles. The molecule has 0 amide bonds. The molecule has 4 heteroatoms. The lowest BCUT2D eigenvalue weighted by Crippen LogP contribution is -1.98. The first-order chi connectivity index (χ1) is 6.74. The van der Waals surface area contributed by atoms with Crippen LogP contribution in [0.4, 0.5) is 0 Å². The van der Waals surface area contributed by atoms with E-state index in [1.54, 1.807) is 0 Å². The van der Waals surface area contributed by atoms with Gasteiger partial charge in [0.15, 0.2) is 10.9 Å². The molecule has 1 rings (SSSR count). The maximum Gasteiger partial charge on any atom is 0.172 e. The van der Waals surface area contributed by atoms with Crippen LogP contribution in [-0.4, -0.2) is 11.6 Å². The zero-order valence-corrected chi connectivity index (χ0v) is 11.0. The molecule has 0 N–H and O–H groups in total. The van der Waals surface area contributed by atoms with Gasteiger partial charge >= 0.3 is 0 Å². The molecular formula is C10H13ClINO. The Kier molecular flexibility index (Phi) is 5.55. The van der Waals surface area contributed by atoms with Crippen molar-refractivity contribution in [2.24, 2.45) is 0 Å². The van der Waals surface area contributed by atoms with Gasteiger partial charge in [-0.25, -0.2) is 4.98 Å². The number of hydrogen-bond donors (Lipinski definition) is 0. The van der Waals surface area contributed by atoms with Crippen molar-refractivity contribution in [2.45, 2.75) is 26.2 Å². The largest absolute Gasteiger partial charge is 0.490 e. The number of halogens is 2. The molecule has 2 nitrogen and oxygen atoms in total. The topological polar surface area (TPSA) is 22.1 Å². The third-order valence-electron chi connectivity index (χ3n) is 1.79. The monoisotopic (exact) mass is 325 g/mol. The number of ether oxygens (including phenoxy) is 1. The Hall–Kier alpha value is -0.0300. The lowest BCUT2D eigenvalue weighted by atomic mass is 10.3. The van der Waals surface area contributed by atoms with Crippen LogP contribution in [0.5, 0.6) is 5.75 Å². The first-order valence-corrected chi connectivity index (χ1v) is 6.14. The third kappa shape index (κ3) is 4.00. The Labute approximate surface area is 103 Å². The van der Waals surface area contributed by atoms with Gasteiger partial charge in [-0.1, -0.05) is 31.4 Å². The summed E-state index contributed by atoms with van der Waals surface area (Å²) in [6.07, 6.45) is 3.45. The van der Waals surface area contributed by atoms with Gasteiger partial charge in [-0.3, -0.25) is 0 Å². The van der Waals surface area contributed by atoms with E-state index in [4.69, 9.17) is 16.3 Å². The van der Waals surface area contributed by atoms with E-state index in [1.165, 1.54) is 12.8 Å². The summed E-state index contributed by atoms with van der Waals surface area (Å²) in [5.74, 6) is 0.684. The SMILES string of the molecule is CCCCCOc1ccc(I)nc1Cl. The Morgan fingerprint density at radius 1 is 1.43 bits per heavy atom. The van der Waals surface area contributed by atoms with Gasteiger partial charge in [0, 0.05) is 0 Å². The average Bonchev–Trinajstić information content (AvgIpc) is 2.15. The van der Waals surface area contributed by atoms with E-state index >= 15 is 0 Å². The molecule has 0 unspecified atom stereocenters. The highest BCUT2D eigenvalue weighted by Gasteiger charge is 2.02. The van der Waals surface area contributed by atoms with Gasteiger partial charge < -0.3 is 4.74 Å². The first kappa shape index (κ1) is 12.0. The molecule has 1 aromatic heterocycles. The van der Waals surface area contributed by atoms with Gasteiger partial charge in [0.25, 0.3) is 0 Å². The normalized spacial score (nSPS) is 10.2. The van der Waals surface area contributed by atoms with Crippen molar-refractivity contribution in [1.29, 1.82) is 0 Å². The first-order valence-electron chi connectivity index (χ1n) is 4.69. The van der Waals surface area contributed by atoms with Crippen molar-refractivity contribution in [1.82, 2.24) is 4.98 Å². The molecule has 14 heavy (non-hydrogen) atoms. The summed E-state index contributed by atoms with van der Waals surface area (Å²) in [7, 11) is 0. The van der Waals surface area contributed by atoms with Gasteiger partial charge in [0.2, 0.25) is 0 Å². The summed E-state index contributed by atoms with van der Waals surface area (Å²) in [6.45, 7) is 2.88. The standard InChI is InChI=1S/C10H13ClINO/c1-2-3-4-7-14-8-5-6-9(12)13-10(8)11/h5-6H,2-4,7H2,1H3. The number of nitrogens with zero attached hydrogens (tertiary/aromatic N) is 1. The molecule has 0 saturated carbocycles. The van der Waals surface area contributed by atoms with E-state index in [-0.39, 0.29) is 0 Å². The lowest BCUT2D eigenvalue weighted by molar-refractivity contribution is 0.305. The Balaban J connectivity index is 2.42. The quantitative estimate of drug-likeness (QED) is 0.465. The third-order valence-corrected chi connectivity index (χ3v) is 2.66. The van der Waals surface area contributed by atoms with Crippen LogP contribution in [0.3, 0.4) is 0 Å². The molecule has 0 aromatic carbocycles. The highest BCUT2D eigenvalue weighted by atomic mass is 127. The van der Waals surface area contributed by atoms with Crippen LogP contribution in [0.1, 0.15) is 26.2 Å². The van der Waals surface area contributed by atoms with Crippen molar-refractivity contribution in [3.05, 3.63) is 21.0 Å². The van der Waals surface area contributed by atoms with Crippen LogP contribution in [-0.2, 0) is 0 Å². The second kappa shape index (κ2) is 6.45. The molecule has 0 spiro atoms. The summed E-state index contributed by atoms with van der Waals surface area (Å²) in [4.78, 5) is 4.10. The predicted octanol–water partition coefficient (Wildman–Crippen LogP) is 3.91. The minimum absolute atomic E-state index is 0.452. The second-order valence-corrected chi connectivity index (χ2v) is 4.44. The highest BCUT2D eigenvalue weighted by molar-refractivity contribution is 14.1. The highest BCUT2D eigenvalue weighted by Crippen LogP contribution is 2.22. The van der Waals surface area contributed by atoms with E-state index in [2.05, 4.69) is 34.5 Å². The molecule has 0 aliphatic heterocycles. The van der Waals surface area contributed by atoms with E-state index in [9.17, 15) is 0 Å². The maximum absolute atomic E-state index is 5.90. The zero-order chi connectivity index (χ0) is 10.4. The van der Waals surface area contributed by atoms with Crippen molar-refractivity contribution in [3.63, 3.8) is 0 Å². The van der Waals surface area contributed by atoms with Gasteiger partial charge in [-0.05, 0) is 41.1 Å². The minimum Gasteiger partial charge on any atom is -0.490 e. The smallest absolute Gasteiger partial charge is 0.172 e. The minimum atomic E-state index is 0.452. The van der Waals surface area contributed by atoms with Gasteiger partial charge in [-0.2, -0.15) is 0 Å². The van der Waals surface area contributed by atoms with Gasteiger partial charge in [0.05, 0.1) is 6.61 Å². The number of unbranched alkanes of at least 4 members (excludes halogenated alkanes) is 2. The average molecular weight is 326 g/mol. The van der Waals surface area contributed by atoms with Gasteiger partial charge in [0.1, 0.15) is 3.70 Å². The fraction of sp³-hybridized carbons (Fsp3) is 0.500. The molecule has 0 fully saturated rings. The molecule has 0 atom stereocenters. The van der Waals surface area contributed by atoms with Gasteiger partial charge in [-0.15, -0.1) is 0 Å². The molecule has 1 aromatic rings. The van der Waals surface area contributed by atoms with Crippen LogP contribution in [0, 0.1) is 3.70 Å². The fourth-order valence-electron chi connectivity index (χ4n) is 1.04. The number of aromatic nitrogens is 1. The van der Waals surface area contributed by atoms with Crippen molar-refractivity contribution >= 4 is 34.2 Å². The lowest BCUT2D eigenvalue weighted by Gasteiger charge is -2.06. The molecule has 78 valence electrons. The Bertz CT molecular complexity index is 293. The summed E-state index contributed by atoms with van der Waals surface area (Å²) < 4.78 is 6.38. The summed E-state index contributed by atoms with van der Waals surface area (Å²) in [5, 5.41) is 0.452. The maximum atomic E-state index is 5.90. The molecule has 0 radical (unpaired) electrons. The number of hydrogen-bond acceptors (Lipinski definition) is 2. The van der Waals surface area contributed by atoms with E-state index in [1.807, 2.05) is 12.1 Å². The predicted molar refractivity (Wildman–Crippen MR) is 67.0 cm³/mol. The van der Waals surface area contributed by atoms with Crippen LogP contribution >= 0.6 is 34.2 Å². The van der Waals surface area contributed by atoms with Crippen LogP contribution in [0.15, 0.2) is 12.1 Å². The summed E-state index contributed by atoms with van der Waals surface area (Å²) in [5.41, 5.74) is 0. The van der Waals surface area contributed by atoms with Crippen molar-refractivity contribution in [3.8, 4) is 5.75 Å². The Morgan fingerprint density at radius 2 is 2.21 bits per heavy atom. The van der Waals surface area contributed by atoms with Crippen molar-refractivity contribution in [2.75, 3.05) is 6.61 Å². The molecule has 1 heterocycles. The van der Waals surface area contributed by atoms with Crippen LogP contribution in [0.25, 0.3) is 0 Å². The summed E-state index contributed by atoms with van der Waals surface area (Å²) in [6, 6.07) is 3.75. The second-order valence-electron chi connectivity index (χ2n) is 2.98. The zero-order valence-electron chi connectivity index (χ0n) is 8.09. The van der Waals surface area contributed by atoms with Crippen LogP contribution < -0.4 is 4.74 Å². The van der Waals surface area contributed by atoms with Crippen LogP contribution in [0.2, 0.25) is 5.15 Å². The molecule has 0 aliphatic rings. The van der Waals surface area contributed by atoms with E-state index < -0.39 is 0 Å². The molecular weight excluding hydrogens is 312 g/mol. The number of rotatable bonds is 5. The van der Waals surface area contributed by atoms with E-state index in [0.29, 0.717) is 10.9 Å². The Morgan fingerprint density at radius 3 is 2.86 bits per heavy atom. The fourth-order valence-corrected chi connectivity index (χ4v) is 1.81. The molecule has 0 bridgehead atoms. The molecule has 0 saturated heterocycles. The van der Waals surface area contributed by atoms with Crippen molar-refractivity contribution < 1.29 is 4.74 Å². The van der Waals surface area contributed by atoms with E-state index in [0.717, 1.165) is 16.7 Å². The summed E-state index contributed by atoms with van der Waals surface area (Å²) >= 11 is 8.02. The number of pyridine rings is 1.